The summed E-state index contributed by atoms with van der Waals surface area (Å²) in [6.45, 7) is 6.47. The van der Waals surface area contributed by atoms with Gasteiger partial charge in [0.05, 0.1) is 11.0 Å². The van der Waals surface area contributed by atoms with Crippen molar-refractivity contribution in [1.29, 1.82) is 0 Å². The van der Waals surface area contributed by atoms with Gasteiger partial charge in [0.25, 0.3) is 0 Å². The molecule has 0 bridgehead atoms. The fraction of sp³-hybridized carbons (Fsp3) is 0.417. The van der Waals surface area contributed by atoms with Crippen molar-refractivity contribution < 1.29 is 1.43 Å². The Bertz CT molecular complexity index is 446. The Morgan fingerprint density at radius 2 is 2.21 bits per heavy atom. The molecular formula is C12H18N2. The number of hydrogen-bond donors (Lipinski definition) is 1. The highest BCUT2D eigenvalue weighted by atomic mass is 14.9. The van der Waals surface area contributed by atoms with Crippen LogP contribution in [-0.4, -0.2) is 9.97 Å². The number of rotatable bonds is 2. The molecule has 0 atom stereocenters. The lowest BCUT2D eigenvalue weighted by atomic mass is 10.1. The van der Waals surface area contributed by atoms with E-state index in [9.17, 15) is 0 Å². The second-order valence-electron chi connectivity index (χ2n) is 3.98. The smallest absolute Gasteiger partial charge is 0.109 e. The molecule has 1 aromatic heterocycles. The highest BCUT2D eigenvalue weighted by molar-refractivity contribution is 5.75. The Hall–Kier alpha value is -1.31. The van der Waals surface area contributed by atoms with E-state index in [0.29, 0.717) is 5.92 Å². The molecule has 14 heavy (non-hydrogen) atoms. The molecule has 2 aromatic rings. The first-order valence-electron chi connectivity index (χ1n) is 5.19. The minimum atomic E-state index is 0. The number of fused-ring (bicyclic) bond motifs is 1. The van der Waals surface area contributed by atoms with Crippen LogP contribution in [0.5, 0.6) is 0 Å². The minimum absolute atomic E-state index is 0. The lowest BCUT2D eigenvalue weighted by Crippen LogP contribution is -1.88. The molecule has 2 nitrogen and oxygen atoms in total. The van der Waals surface area contributed by atoms with Gasteiger partial charge in [0, 0.05) is 7.34 Å². The summed E-state index contributed by atoms with van der Waals surface area (Å²) < 4.78 is 0. The summed E-state index contributed by atoms with van der Waals surface area (Å²) in [6.07, 6.45) is 1.08. The van der Waals surface area contributed by atoms with Gasteiger partial charge >= 0.3 is 0 Å². The second-order valence-corrected chi connectivity index (χ2v) is 3.98. The summed E-state index contributed by atoms with van der Waals surface area (Å²) in [7, 11) is 0. The van der Waals surface area contributed by atoms with Crippen molar-refractivity contribution in [2.24, 2.45) is 0 Å². The summed E-state index contributed by atoms with van der Waals surface area (Å²) >= 11 is 0. The fourth-order valence-electron chi connectivity index (χ4n) is 1.57. The van der Waals surface area contributed by atoms with E-state index in [1.54, 1.807) is 0 Å². The first kappa shape index (κ1) is 9.25. The van der Waals surface area contributed by atoms with Crippen molar-refractivity contribution in [2.45, 2.75) is 33.1 Å². The number of hydrogen-bond acceptors (Lipinski definition) is 1. The summed E-state index contributed by atoms with van der Waals surface area (Å²) in [5.74, 6) is 1.54. The van der Waals surface area contributed by atoms with Gasteiger partial charge in [-0.05, 0) is 24.1 Å². The zero-order valence-corrected chi connectivity index (χ0v) is 8.96. The van der Waals surface area contributed by atoms with E-state index >= 15 is 0 Å². The van der Waals surface area contributed by atoms with Gasteiger partial charge in [-0.2, -0.15) is 0 Å². The third-order valence-corrected chi connectivity index (χ3v) is 2.52. The zero-order chi connectivity index (χ0) is 10.1. The number of imidazole rings is 1. The van der Waals surface area contributed by atoms with Gasteiger partial charge in [-0.3, -0.25) is 0 Å². The number of nitrogens with one attached hydrogen (secondary N) is 1. The molecule has 0 unspecified atom stereocenters. The van der Waals surface area contributed by atoms with Gasteiger partial charge < -0.3 is 4.98 Å². The van der Waals surface area contributed by atoms with E-state index in [1.807, 2.05) is 0 Å². The van der Waals surface area contributed by atoms with Crippen molar-refractivity contribution in [3.05, 3.63) is 29.6 Å². The van der Waals surface area contributed by atoms with Crippen LogP contribution in [0.15, 0.2) is 18.2 Å². The first-order chi connectivity index (χ1) is 6.70. The predicted octanol–water partition coefficient (Wildman–Crippen LogP) is 3.49. The molecule has 76 valence electrons. The van der Waals surface area contributed by atoms with Crippen LogP contribution in [0.4, 0.5) is 0 Å². The summed E-state index contributed by atoms with van der Waals surface area (Å²) in [4.78, 5) is 7.89. The van der Waals surface area contributed by atoms with E-state index in [2.05, 4.69) is 48.9 Å². The highest BCUT2D eigenvalue weighted by Gasteiger charge is 2.05. The summed E-state index contributed by atoms with van der Waals surface area (Å²) in [5.41, 5.74) is 3.59. The van der Waals surface area contributed by atoms with Crippen LogP contribution in [0.25, 0.3) is 11.0 Å². The third-order valence-electron chi connectivity index (χ3n) is 2.52. The first-order valence-corrected chi connectivity index (χ1v) is 5.19. The molecule has 1 heterocycles. The standard InChI is InChI=1S/C12H16N2.H2/c1-4-9-5-6-10-11(7-9)14-12(13-10)8(2)3;/h5-8H,4H2,1-3H3,(H,13,14);1H. The van der Waals surface area contributed by atoms with Crippen LogP contribution in [0.1, 0.15) is 39.5 Å². The molecule has 0 radical (unpaired) electrons. The molecule has 2 rings (SSSR count). The van der Waals surface area contributed by atoms with Gasteiger partial charge in [0.2, 0.25) is 0 Å². The maximum Gasteiger partial charge on any atom is 0.109 e. The van der Waals surface area contributed by atoms with E-state index < -0.39 is 0 Å². The number of aromatic amines is 1. The molecule has 2 heteroatoms. The highest BCUT2D eigenvalue weighted by Crippen LogP contribution is 2.18. The van der Waals surface area contributed by atoms with Crippen molar-refractivity contribution in [1.82, 2.24) is 9.97 Å². The van der Waals surface area contributed by atoms with Crippen LogP contribution in [-0.2, 0) is 6.42 Å². The van der Waals surface area contributed by atoms with Crippen LogP contribution >= 0.6 is 0 Å². The van der Waals surface area contributed by atoms with Crippen molar-refractivity contribution >= 4 is 11.0 Å². The zero-order valence-electron chi connectivity index (χ0n) is 8.96. The lowest BCUT2D eigenvalue weighted by Gasteiger charge is -1.96. The van der Waals surface area contributed by atoms with Crippen molar-refractivity contribution in [3.8, 4) is 0 Å². The normalized spacial score (nSPS) is 11.4. The lowest BCUT2D eigenvalue weighted by molar-refractivity contribution is 0.799. The molecule has 1 N–H and O–H groups in total. The molecule has 0 saturated carbocycles. The Morgan fingerprint density at radius 1 is 1.43 bits per heavy atom. The molecule has 0 amide bonds. The van der Waals surface area contributed by atoms with Gasteiger partial charge in [0.15, 0.2) is 0 Å². The Labute approximate surface area is 85.9 Å². The van der Waals surface area contributed by atoms with Gasteiger partial charge in [-0.25, -0.2) is 4.98 Å². The van der Waals surface area contributed by atoms with Crippen molar-refractivity contribution in [3.63, 3.8) is 0 Å². The van der Waals surface area contributed by atoms with Crippen LogP contribution in [0.3, 0.4) is 0 Å². The van der Waals surface area contributed by atoms with E-state index in [-0.39, 0.29) is 1.43 Å². The van der Waals surface area contributed by atoms with E-state index in [4.69, 9.17) is 0 Å². The third kappa shape index (κ3) is 1.52. The maximum absolute atomic E-state index is 4.53. The molecular weight excluding hydrogens is 172 g/mol. The van der Waals surface area contributed by atoms with Crippen LogP contribution < -0.4 is 0 Å². The molecule has 0 spiro atoms. The topological polar surface area (TPSA) is 28.7 Å². The number of aryl methyl sites for hydroxylation is 1. The van der Waals surface area contributed by atoms with Gasteiger partial charge in [-0.1, -0.05) is 26.8 Å². The second kappa shape index (κ2) is 3.45. The Balaban J connectivity index is 0.00000112. The minimum Gasteiger partial charge on any atom is -0.342 e. The van der Waals surface area contributed by atoms with E-state index in [0.717, 1.165) is 23.3 Å². The SMILES string of the molecule is CCc1ccc2nc(C(C)C)[nH]c2c1.[HH]. The van der Waals surface area contributed by atoms with Crippen LogP contribution in [0, 0.1) is 0 Å². The molecule has 0 aliphatic heterocycles. The Kier molecular flexibility index (Phi) is 2.28. The molecule has 0 aliphatic carbocycles. The molecule has 0 fully saturated rings. The number of H-pyrrole nitrogens is 1. The summed E-state index contributed by atoms with van der Waals surface area (Å²) in [5, 5.41) is 0. The average Bonchev–Trinajstić information content (AvgIpc) is 2.59. The predicted molar refractivity (Wildman–Crippen MR) is 61.7 cm³/mol. The molecule has 1 aromatic carbocycles. The fourth-order valence-corrected chi connectivity index (χ4v) is 1.57. The van der Waals surface area contributed by atoms with E-state index in [1.165, 1.54) is 5.56 Å². The number of nitrogens with zero attached hydrogens (tertiary/aromatic N) is 1. The largest absolute Gasteiger partial charge is 0.342 e. The molecule has 0 aliphatic rings. The van der Waals surface area contributed by atoms with Crippen molar-refractivity contribution in [2.75, 3.05) is 0 Å². The number of benzene rings is 1. The van der Waals surface area contributed by atoms with Crippen LogP contribution in [0.2, 0.25) is 0 Å². The summed E-state index contributed by atoms with van der Waals surface area (Å²) in [6, 6.07) is 6.43. The quantitative estimate of drug-likeness (QED) is 0.771. The molecule has 0 saturated heterocycles. The monoisotopic (exact) mass is 190 g/mol. The Morgan fingerprint density at radius 3 is 2.86 bits per heavy atom. The maximum atomic E-state index is 4.53. The van der Waals surface area contributed by atoms with Gasteiger partial charge in [0.1, 0.15) is 5.82 Å². The number of aromatic nitrogens is 2. The van der Waals surface area contributed by atoms with Gasteiger partial charge in [-0.15, -0.1) is 0 Å². The average molecular weight is 190 g/mol.